The summed E-state index contributed by atoms with van der Waals surface area (Å²) < 4.78 is 5.99. The molecule has 3 heteroatoms. The van der Waals surface area contributed by atoms with Crippen LogP contribution in [0.2, 0.25) is 0 Å². The van der Waals surface area contributed by atoms with Gasteiger partial charge in [0, 0.05) is 0 Å². The lowest BCUT2D eigenvalue weighted by Gasteiger charge is -2.15. The number of carbonyl (C=O) groups excluding carboxylic acids is 1. The van der Waals surface area contributed by atoms with Crippen molar-refractivity contribution in [2.45, 2.75) is 142 Å². The summed E-state index contributed by atoms with van der Waals surface area (Å²) in [6.07, 6.45) is 24.9. The summed E-state index contributed by atoms with van der Waals surface area (Å²) >= 11 is 0. The number of carbonyl (C=O) groups is 1. The van der Waals surface area contributed by atoms with Gasteiger partial charge >= 0.3 is 5.97 Å². The van der Waals surface area contributed by atoms with E-state index in [0.717, 1.165) is 54.0 Å². The SMILES string of the molecule is CCCCCCCCCCCCCCCCc1ccccc1OC(=O)c1c(O)c(CCCCCC)cc2ccccc12. The number of rotatable bonds is 22. The first-order valence-electron chi connectivity index (χ1n) is 17.2. The summed E-state index contributed by atoms with van der Waals surface area (Å²) in [5.74, 6) is 0.196. The third-order valence-electron chi connectivity index (χ3n) is 8.58. The van der Waals surface area contributed by atoms with E-state index in [9.17, 15) is 9.90 Å². The second-order valence-electron chi connectivity index (χ2n) is 12.1. The Labute approximate surface area is 256 Å². The lowest BCUT2D eigenvalue weighted by Crippen LogP contribution is -2.12. The molecule has 0 spiro atoms. The Morgan fingerprint density at radius 3 is 1.69 bits per heavy atom. The first kappa shape index (κ1) is 33.7. The van der Waals surface area contributed by atoms with Gasteiger partial charge in [-0.1, -0.05) is 159 Å². The van der Waals surface area contributed by atoms with E-state index in [-0.39, 0.29) is 11.3 Å². The first-order chi connectivity index (χ1) is 20.7. The van der Waals surface area contributed by atoms with Gasteiger partial charge in [0.1, 0.15) is 17.1 Å². The number of unbranched alkanes of at least 4 members (excludes halogenated alkanes) is 16. The van der Waals surface area contributed by atoms with Crippen molar-refractivity contribution in [1.82, 2.24) is 0 Å². The maximum Gasteiger partial charge on any atom is 0.347 e. The molecular formula is C39H56O3. The van der Waals surface area contributed by atoms with Crippen LogP contribution in [0.15, 0.2) is 54.6 Å². The number of aryl methyl sites for hydroxylation is 2. The molecule has 0 aromatic heterocycles. The summed E-state index contributed by atoms with van der Waals surface area (Å²) in [4.78, 5) is 13.5. The number of fused-ring (bicyclic) bond motifs is 1. The summed E-state index contributed by atoms with van der Waals surface area (Å²) in [6.45, 7) is 4.47. The van der Waals surface area contributed by atoms with E-state index in [2.05, 4.69) is 19.9 Å². The van der Waals surface area contributed by atoms with E-state index >= 15 is 0 Å². The van der Waals surface area contributed by atoms with Crippen molar-refractivity contribution in [2.24, 2.45) is 0 Å². The van der Waals surface area contributed by atoms with Crippen LogP contribution < -0.4 is 4.74 Å². The van der Waals surface area contributed by atoms with Gasteiger partial charge in [0.15, 0.2) is 0 Å². The van der Waals surface area contributed by atoms with E-state index < -0.39 is 5.97 Å². The molecule has 0 saturated heterocycles. The molecule has 42 heavy (non-hydrogen) atoms. The van der Waals surface area contributed by atoms with Gasteiger partial charge in [-0.2, -0.15) is 0 Å². The van der Waals surface area contributed by atoms with Gasteiger partial charge in [0.25, 0.3) is 0 Å². The maximum absolute atomic E-state index is 13.5. The van der Waals surface area contributed by atoms with Crippen LogP contribution in [0.1, 0.15) is 151 Å². The van der Waals surface area contributed by atoms with Crippen molar-refractivity contribution >= 4 is 16.7 Å². The highest BCUT2D eigenvalue weighted by Gasteiger charge is 2.21. The molecule has 3 nitrogen and oxygen atoms in total. The summed E-state index contributed by atoms with van der Waals surface area (Å²) in [5.41, 5.74) is 2.17. The van der Waals surface area contributed by atoms with Crippen molar-refractivity contribution in [3.63, 3.8) is 0 Å². The minimum Gasteiger partial charge on any atom is -0.507 e. The monoisotopic (exact) mass is 572 g/mol. The average molecular weight is 573 g/mol. The van der Waals surface area contributed by atoms with Crippen molar-refractivity contribution < 1.29 is 14.6 Å². The molecule has 0 radical (unpaired) electrons. The van der Waals surface area contributed by atoms with Crippen LogP contribution >= 0.6 is 0 Å². The van der Waals surface area contributed by atoms with Gasteiger partial charge in [0.05, 0.1) is 0 Å². The number of phenolic OH excluding ortho intramolecular Hbond substituents is 1. The second kappa shape index (κ2) is 20.2. The molecule has 0 aliphatic carbocycles. The highest BCUT2D eigenvalue weighted by Crippen LogP contribution is 2.34. The van der Waals surface area contributed by atoms with Crippen molar-refractivity contribution in [2.75, 3.05) is 0 Å². The van der Waals surface area contributed by atoms with E-state index in [1.54, 1.807) is 0 Å². The van der Waals surface area contributed by atoms with Crippen molar-refractivity contribution in [3.8, 4) is 11.5 Å². The first-order valence-corrected chi connectivity index (χ1v) is 17.2. The quantitative estimate of drug-likeness (QED) is 0.0740. The molecule has 0 aliphatic rings. The van der Waals surface area contributed by atoms with Gasteiger partial charge in [-0.05, 0) is 59.7 Å². The van der Waals surface area contributed by atoms with Crippen molar-refractivity contribution in [3.05, 3.63) is 71.3 Å². The standard InChI is InChI=1S/C39H56O3/c1-3-5-7-9-10-11-12-13-14-15-16-17-18-20-25-32-26-22-24-30-36(32)42-39(41)37-35-29-23-21-27-33(35)31-34(38(37)40)28-19-8-6-4-2/h21-24,26-27,29-31,40H,3-20,25,28H2,1-2H3. The lowest BCUT2D eigenvalue weighted by molar-refractivity contribution is 0.0732. The Morgan fingerprint density at radius 2 is 1.07 bits per heavy atom. The fraction of sp³-hybridized carbons (Fsp3) is 0.564. The Balaban J connectivity index is 1.47. The van der Waals surface area contributed by atoms with Crippen LogP contribution in [0.4, 0.5) is 0 Å². The maximum atomic E-state index is 13.5. The van der Waals surface area contributed by atoms with Crippen LogP contribution in [0.5, 0.6) is 11.5 Å². The number of hydrogen-bond acceptors (Lipinski definition) is 3. The molecule has 0 bridgehead atoms. The zero-order chi connectivity index (χ0) is 29.8. The zero-order valence-electron chi connectivity index (χ0n) is 26.6. The molecule has 3 rings (SSSR count). The molecule has 0 amide bonds. The number of esters is 1. The summed E-state index contributed by atoms with van der Waals surface area (Å²) in [6, 6.07) is 17.7. The second-order valence-corrected chi connectivity index (χ2v) is 12.1. The summed E-state index contributed by atoms with van der Waals surface area (Å²) in [7, 11) is 0. The van der Waals surface area contributed by atoms with E-state index in [4.69, 9.17) is 4.74 Å². The molecule has 0 atom stereocenters. The topological polar surface area (TPSA) is 46.5 Å². The summed E-state index contributed by atoms with van der Waals surface area (Å²) in [5, 5.41) is 12.9. The van der Waals surface area contributed by atoms with E-state index in [1.165, 1.54) is 96.3 Å². The van der Waals surface area contributed by atoms with Crippen LogP contribution in [-0.2, 0) is 12.8 Å². The predicted octanol–water partition coefficient (Wildman–Crippen LogP) is 11.9. The van der Waals surface area contributed by atoms with Gasteiger partial charge in [0.2, 0.25) is 0 Å². The Kier molecular flexibility index (Phi) is 16.2. The fourth-order valence-electron chi connectivity index (χ4n) is 6.00. The minimum absolute atomic E-state index is 0.0691. The average Bonchev–Trinajstić information content (AvgIpc) is 3.00. The largest absolute Gasteiger partial charge is 0.507 e. The number of phenols is 1. The van der Waals surface area contributed by atoms with Gasteiger partial charge in [-0.25, -0.2) is 4.79 Å². The highest BCUT2D eigenvalue weighted by atomic mass is 16.5. The van der Waals surface area contributed by atoms with E-state index in [1.807, 2.05) is 48.5 Å². The van der Waals surface area contributed by atoms with E-state index in [0.29, 0.717) is 5.75 Å². The Bertz CT molecular complexity index is 1180. The molecule has 0 unspecified atom stereocenters. The van der Waals surface area contributed by atoms with Gasteiger partial charge < -0.3 is 9.84 Å². The smallest absolute Gasteiger partial charge is 0.347 e. The molecule has 0 heterocycles. The van der Waals surface area contributed by atoms with Crippen LogP contribution in [0.25, 0.3) is 10.8 Å². The molecule has 0 aliphatic heterocycles. The van der Waals surface area contributed by atoms with Gasteiger partial charge in [-0.3, -0.25) is 0 Å². The third kappa shape index (κ3) is 11.5. The number of para-hydroxylation sites is 1. The molecule has 0 saturated carbocycles. The fourth-order valence-corrected chi connectivity index (χ4v) is 6.00. The number of aromatic hydroxyl groups is 1. The lowest BCUT2D eigenvalue weighted by atomic mass is 9.96. The highest BCUT2D eigenvalue weighted by molar-refractivity contribution is 6.08. The number of benzene rings is 3. The van der Waals surface area contributed by atoms with Crippen LogP contribution in [0, 0.1) is 0 Å². The molecule has 0 fully saturated rings. The van der Waals surface area contributed by atoms with Crippen LogP contribution in [-0.4, -0.2) is 11.1 Å². The van der Waals surface area contributed by atoms with Crippen molar-refractivity contribution in [1.29, 1.82) is 0 Å². The Hall–Kier alpha value is -2.81. The normalized spacial score (nSPS) is 11.3. The molecule has 3 aromatic carbocycles. The molecule has 230 valence electrons. The zero-order valence-corrected chi connectivity index (χ0v) is 26.6. The third-order valence-corrected chi connectivity index (χ3v) is 8.58. The molecular weight excluding hydrogens is 516 g/mol. The number of hydrogen-bond donors (Lipinski definition) is 1. The predicted molar refractivity (Wildman–Crippen MR) is 179 cm³/mol. The minimum atomic E-state index is -0.479. The number of ether oxygens (including phenoxy) is 1. The van der Waals surface area contributed by atoms with Crippen LogP contribution in [0.3, 0.4) is 0 Å². The molecule has 1 N–H and O–H groups in total. The Morgan fingerprint density at radius 1 is 0.595 bits per heavy atom. The van der Waals surface area contributed by atoms with Gasteiger partial charge in [-0.15, -0.1) is 0 Å². The molecule has 3 aromatic rings.